The smallest absolute Gasteiger partial charge is 0.260 e. The molecular formula is C23H22Cl2N4O2S. The molecule has 1 aliphatic rings. The van der Waals surface area contributed by atoms with Gasteiger partial charge in [0.2, 0.25) is 5.91 Å². The molecular weight excluding hydrogens is 467 g/mol. The van der Waals surface area contributed by atoms with E-state index in [2.05, 4.69) is 10.2 Å². The van der Waals surface area contributed by atoms with Crippen molar-refractivity contribution >= 4 is 46.8 Å². The third-order valence-corrected chi connectivity index (χ3v) is 7.06. The van der Waals surface area contributed by atoms with E-state index in [0.29, 0.717) is 46.1 Å². The monoisotopic (exact) mass is 488 g/mol. The summed E-state index contributed by atoms with van der Waals surface area (Å²) in [6.45, 7) is 3.06. The fraction of sp³-hybridized carbons (Fsp3) is 0.304. The largest absolute Gasteiger partial charge is 0.302 e. The number of carbonyl (C=O) groups excluding carboxylic acids is 2. The molecule has 0 bridgehead atoms. The second-order valence-electron chi connectivity index (χ2n) is 7.46. The van der Waals surface area contributed by atoms with E-state index in [1.165, 1.54) is 16.7 Å². The van der Waals surface area contributed by atoms with Gasteiger partial charge in [-0.15, -0.1) is 10.2 Å². The molecule has 1 aromatic heterocycles. The van der Waals surface area contributed by atoms with Gasteiger partial charge < -0.3 is 4.57 Å². The predicted molar refractivity (Wildman–Crippen MR) is 127 cm³/mol. The summed E-state index contributed by atoms with van der Waals surface area (Å²) in [7, 11) is 0. The number of likely N-dealkylation sites (tertiary alicyclic amines) is 1. The van der Waals surface area contributed by atoms with E-state index >= 15 is 0 Å². The minimum atomic E-state index is -0.407. The van der Waals surface area contributed by atoms with Gasteiger partial charge in [0.1, 0.15) is 0 Å². The highest BCUT2D eigenvalue weighted by atomic mass is 35.5. The number of hydrogen-bond acceptors (Lipinski definition) is 5. The highest BCUT2D eigenvalue weighted by Crippen LogP contribution is 2.32. The molecule has 1 fully saturated rings. The number of imide groups is 1. The van der Waals surface area contributed by atoms with E-state index in [1.807, 2.05) is 35.8 Å². The Labute approximate surface area is 200 Å². The van der Waals surface area contributed by atoms with Crippen molar-refractivity contribution in [2.75, 3.05) is 6.54 Å². The van der Waals surface area contributed by atoms with Crippen molar-refractivity contribution in [3.63, 3.8) is 0 Å². The Kier molecular flexibility index (Phi) is 7.18. The van der Waals surface area contributed by atoms with Crippen molar-refractivity contribution in [2.45, 2.75) is 43.1 Å². The Morgan fingerprint density at radius 1 is 1.09 bits per heavy atom. The van der Waals surface area contributed by atoms with Gasteiger partial charge in [-0.25, -0.2) is 0 Å². The van der Waals surface area contributed by atoms with E-state index in [0.717, 1.165) is 18.4 Å². The maximum atomic E-state index is 13.3. The molecule has 1 aliphatic heterocycles. The first-order valence-electron chi connectivity index (χ1n) is 10.4. The van der Waals surface area contributed by atoms with Crippen LogP contribution in [0.15, 0.2) is 53.7 Å². The van der Waals surface area contributed by atoms with E-state index in [1.54, 1.807) is 24.3 Å². The molecule has 2 aromatic carbocycles. The molecule has 3 aromatic rings. The van der Waals surface area contributed by atoms with Gasteiger partial charge in [-0.1, -0.05) is 53.5 Å². The van der Waals surface area contributed by atoms with Crippen LogP contribution in [0.25, 0.3) is 11.4 Å². The lowest BCUT2D eigenvalue weighted by atomic mass is 10.2. The Morgan fingerprint density at radius 3 is 2.59 bits per heavy atom. The van der Waals surface area contributed by atoms with Crippen LogP contribution in [0.5, 0.6) is 0 Å². The van der Waals surface area contributed by atoms with Crippen LogP contribution in [0.3, 0.4) is 0 Å². The maximum absolute atomic E-state index is 13.3. The lowest BCUT2D eigenvalue weighted by Gasteiger charge is -2.22. The fourth-order valence-corrected chi connectivity index (χ4v) is 5.21. The van der Waals surface area contributed by atoms with Crippen LogP contribution >= 0.6 is 35.0 Å². The topological polar surface area (TPSA) is 68.1 Å². The molecule has 0 radical (unpaired) electrons. The lowest BCUT2D eigenvalue weighted by molar-refractivity contribution is -0.127. The number of aromatic nitrogens is 3. The minimum absolute atomic E-state index is 0.192. The second-order valence-corrected chi connectivity index (χ2v) is 9.51. The number of carbonyl (C=O) groups is 2. The third-order valence-electron chi connectivity index (χ3n) is 5.34. The van der Waals surface area contributed by atoms with Gasteiger partial charge in [-0.05, 0) is 56.2 Å². The molecule has 166 valence electrons. The number of amides is 2. The van der Waals surface area contributed by atoms with E-state index in [9.17, 15) is 9.59 Å². The molecule has 1 saturated heterocycles. The molecule has 0 N–H and O–H groups in total. The zero-order chi connectivity index (χ0) is 22.7. The molecule has 0 spiro atoms. The number of hydrogen-bond donors (Lipinski definition) is 0. The SMILES string of the molecule is CCn1c(SC2CCCCN(C(=O)c3ccc(Cl)cc3)C2=O)nnc1-c1cccc(Cl)c1. The Bertz CT molecular complexity index is 1130. The van der Waals surface area contributed by atoms with Gasteiger partial charge in [-0.2, -0.15) is 0 Å². The summed E-state index contributed by atoms with van der Waals surface area (Å²) < 4.78 is 1.97. The van der Waals surface area contributed by atoms with Crippen molar-refractivity contribution in [1.29, 1.82) is 0 Å². The van der Waals surface area contributed by atoms with Crippen molar-refractivity contribution in [2.24, 2.45) is 0 Å². The van der Waals surface area contributed by atoms with Crippen LogP contribution in [0.1, 0.15) is 36.5 Å². The summed E-state index contributed by atoms with van der Waals surface area (Å²) in [5, 5.41) is 10.1. The highest BCUT2D eigenvalue weighted by molar-refractivity contribution is 8.00. The van der Waals surface area contributed by atoms with Gasteiger partial charge in [0.05, 0.1) is 5.25 Å². The Morgan fingerprint density at radius 2 is 1.88 bits per heavy atom. The first-order valence-corrected chi connectivity index (χ1v) is 12.1. The van der Waals surface area contributed by atoms with E-state index in [-0.39, 0.29) is 11.8 Å². The van der Waals surface area contributed by atoms with E-state index in [4.69, 9.17) is 23.2 Å². The van der Waals surface area contributed by atoms with Crippen LogP contribution in [0.4, 0.5) is 0 Å². The number of halogens is 2. The summed E-state index contributed by atoms with van der Waals surface area (Å²) >= 11 is 13.4. The molecule has 4 rings (SSSR count). The molecule has 6 nitrogen and oxygen atoms in total. The molecule has 1 atom stereocenters. The molecule has 2 amide bonds. The molecule has 0 saturated carbocycles. The third kappa shape index (κ3) is 4.85. The zero-order valence-corrected chi connectivity index (χ0v) is 19.8. The lowest BCUT2D eigenvalue weighted by Crippen LogP contribution is -2.41. The first-order chi connectivity index (χ1) is 15.5. The average Bonchev–Trinajstić information content (AvgIpc) is 3.11. The van der Waals surface area contributed by atoms with Crippen LogP contribution in [-0.4, -0.2) is 43.3 Å². The summed E-state index contributed by atoms with van der Waals surface area (Å²) in [4.78, 5) is 27.7. The maximum Gasteiger partial charge on any atom is 0.260 e. The van der Waals surface area contributed by atoms with Crippen molar-refractivity contribution in [3.05, 3.63) is 64.1 Å². The van der Waals surface area contributed by atoms with Crippen LogP contribution in [-0.2, 0) is 11.3 Å². The highest BCUT2D eigenvalue weighted by Gasteiger charge is 2.33. The molecule has 32 heavy (non-hydrogen) atoms. The summed E-state index contributed by atoms with van der Waals surface area (Å²) in [6.07, 6.45) is 2.31. The predicted octanol–water partition coefficient (Wildman–Crippen LogP) is 5.59. The van der Waals surface area contributed by atoms with Crippen molar-refractivity contribution < 1.29 is 9.59 Å². The zero-order valence-electron chi connectivity index (χ0n) is 17.5. The van der Waals surface area contributed by atoms with Gasteiger partial charge in [0.15, 0.2) is 11.0 Å². The number of rotatable bonds is 5. The molecule has 9 heteroatoms. The molecule has 0 aliphatic carbocycles. The summed E-state index contributed by atoms with van der Waals surface area (Å²) in [6, 6.07) is 14.1. The molecule has 2 heterocycles. The van der Waals surface area contributed by atoms with Crippen molar-refractivity contribution in [3.8, 4) is 11.4 Å². The standard InChI is InChI=1S/C23H22Cl2N4O2S/c1-2-28-20(16-6-5-7-18(25)14-16)26-27-23(28)32-19-8-3-4-13-29(22(19)31)21(30)15-9-11-17(24)12-10-15/h5-7,9-12,14,19H,2-4,8,13H2,1H3. The van der Waals surface area contributed by atoms with Crippen LogP contribution in [0.2, 0.25) is 10.0 Å². The summed E-state index contributed by atoms with van der Waals surface area (Å²) in [5.74, 6) is 0.214. The number of nitrogens with zero attached hydrogens (tertiary/aromatic N) is 4. The number of benzene rings is 2. The quantitative estimate of drug-likeness (QED) is 0.438. The Hall–Kier alpha value is -2.35. The molecule has 1 unspecified atom stereocenters. The minimum Gasteiger partial charge on any atom is -0.302 e. The van der Waals surface area contributed by atoms with Gasteiger partial charge in [0, 0.05) is 34.3 Å². The fourth-order valence-electron chi connectivity index (χ4n) is 3.70. The van der Waals surface area contributed by atoms with E-state index < -0.39 is 5.25 Å². The van der Waals surface area contributed by atoms with Crippen LogP contribution in [0, 0.1) is 0 Å². The number of thioether (sulfide) groups is 1. The summed E-state index contributed by atoms with van der Waals surface area (Å²) in [5.41, 5.74) is 1.32. The van der Waals surface area contributed by atoms with Gasteiger partial charge in [0.25, 0.3) is 5.91 Å². The van der Waals surface area contributed by atoms with Crippen molar-refractivity contribution in [1.82, 2.24) is 19.7 Å². The average molecular weight is 489 g/mol. The van der Waals surface area contributed by atoms with Gasteiger partial charge in [-0.3, -0.25) is 14.5 Å². The second kappa shape index (κ2) is 10.1. The van der Waals surface area contributed by atoms with Crippen LogP contribution < -0.4 is 0 Å². The Balaban J connectivity index is 1.58. The first kappa shape index (κ1) is 22.8. The van der Waals surface area contributed by atoms with Gasteiger partial charge >= 0.3 is 0 Å². The normalized spacial score (nSPS) is 16.8.